The predicted octanol–water partition coefficient (Wildman–Crippen LogP) is 2.75. The zero-order chi connectivity index (χ0) is 13.1. The minimum Gasteiger partial charge on any atom is -0.339 e. The van der Waals surface area contributed by atoms with Gasteiger partial charge in [-0.3, -0.25) is 0 Å². The number of rotatable bonds is 3. The molecule has 6 heteroatoms. The number of nitrogens with one attached hydrogen (secondary N) is 1. The van der Waals surface area contributed by atoms with Crippen LogP contribution in [-0.2, 0) is 6.42 Å². The van der Waals surface area contributed by atoms with Crippen LogP contribution in [0.5, 0.6) is 0 Å². The van der Waals surface area contributed by atoms with Gasteiger partial charge in [-0.1, -0.05) is 33.2 Å². The van der Waals surface area contributed by atoms with E-state index >= 15 is 0 Å². The maximum atomic E-state index is 5.35. The third kappa shape index (κ3) is 3.19. The summed E-state index contributed by atoms with van der Waals surface area (Å²) < 4.78 is 6.33. The number of nitrogens with zero attached hydrogens (tertiary/aromatic N) is 2. The highest BCUT2D eigenvalue weighted by Gasteiger charge is 2.18. The van der Waals surface area contributed by atoms with Crippen molar-refractivity contribution in [1.29, 1.82) is 0 Å². The quantitative estimate of drug-likeness (QED) is 0.931. The molecule has 0 bridgehead atoms. The summed E-state index contributed by atoms with van der Waals surface area (Å²) in [5.41, 5.74) is 0.962. The van der Waals surface area contributed by atoms with E-state index in [1.165, 1.54) is 5.75 Å². The second-order valence-electron chi connectivity index (χ2n) is 4.42. The topological polar surface area (TPSA) is 51.0 Å². The average Bonchev–Trinajstić information content (AvgIpc) is 2.89. The molecule has 0 saturated carbocycles. The second-order valence-corrected chi connectivity index (χ2v) is 6.43. The molecule has 0 aliphatic carbocycles. The van der Waals surface area contributed by atoms with Crippen LogP contribution in [0.4, 0.5) is 0 Å². The molecule has 0 radical (unpaired) electrons. The van der Waals surface area contributed by atoms with Gasteiger partial charge < -0.3 is 9.84 Å². The lowest BCUT2D eigenvalue weighted by Gasteiger charge is -2.21. The van der Waals surface area contributed by atoms with Crippen molar-refractivity contribution >= 4 is 27.7 Å². The Balaban J connectivity index is 1.74. The van der Waals surface area contributed by atoms with Crippen molar-refractivity contribution in [3.8, 4) is 11.4 Å². The zero-order valence-electron chi connectivity index (χ0n) is 10.3. The highest BCUT2D eigenvalue weighted by atomic mass is 79.9. The number of thioether (sulfide) groups is 1. The van der Waals surface area contributed by atoms with Crippen molar-refractivity contribution in [3.05, 3.63) is 34.6 Å². The largest absolute Gasteiger partial charge is 0.339 e. The van der Waals surface area contributed by atoms with Crippen LogP contribution in [0.1, 0.15) is 5.89 Å². The summed E-state index contributed by atoms with van der Waals surface area (Å²) in [6, 6.07) is 8.33. The Morgan fingerprint density at radius 1 is 1.42 bits per heavy atom. The second kappa shape index (κ2) is 6.07. The van der Waals surface area contributed by atoms with E-state index in [9.17, 15) is 0 Å². The minimum atomic E-state index is 0.436. The van der Waals surface area contributed by atoms with E-state index in [1.807, 2.05) is 36.0 Å². The van der Waals surface area contributed by atoms with Crippen LogP contribution in [-0.4, -0.2) is 34.2 Å². The van der Waals surface area contributed by atoms with E-state index in [-0.39, 0.29) is 0 Å². The van der Waals surface area contributed by atoms with Crippen LogP contribution in [0.25, 0.3) is 11.4 Å². The number of halogens is 1. The predicted molar refractivity (Wildman–Crippen MR) is 80.3 cm³/mol. The van der Waals surface area contributed by atoms with Crippen molar-refractivity contribution in [2.45, 2.75) is 12.5 Å². The van der Waals surface area contributed by atoms with Crippen molar-refractivity contribution < 1.29 is 4.52 Å². The molecule has 1 N–H and O–H groups in total. The molecule has 100 valence electrons. The molecular weight excluding hydrogens is 326 g/mol. The number of hydrogen-bond donors (Lipinski definition) is 1. The first-order valence-corrected chi connectivity index (χ1v) is 8.16. The fraction of sp³-hybridized carbons (Fsp3) is 0.385. The smallest absolute Gasteiger partial charge is 0.228 e. The highest BCUT2D eigenvalue weighted by molar-refractivity contribution is 9.10. The molecule has 1 aromatic carbocycles. The molecule has 1 aliphatic rings. The molecule has 1 fully saturated rings. The molecule has 1 atom stereocenters. The Bertz CT molecular complexity index is 554. The van der Waals surface area contributed by atoms with Gasteiger partial charge in [0, 0.05) is 40.5 Å². The average molecular weight is 340 g/mol. The summed E-state index contributed by atoms with van der Waals surface area (Å²) in [6.45, 7) is 1.06. The van der Waals surface area contributed by atoms with Gasteiger partial charge >= 0.3 is 0 Å². The van der Waals surface area contributed by atoms with Gasteiger partial charge in [-0.15, -0.1) is 0 Å². The number of benzene rings is 1. The van der Waals surface area contributed by atoms with Crippen molar-refractivity contribution in [1.82, 2.24) is 15.5 Å². The molecule has 0 spiro atoms. The van der Waals surface area contributed by atoms with Gasteiger partial charge in [0.15, 0.2) is 0 Å². The SMILES string of the molecule is Brc1ccccc1-c1noc(CC2CSCCN2)n1. The maximum absolute atomic E-state index is 5.35. The maximum Gasteiger partial charge on any atom is 0.228 e. The molecule has 1 unspecified atom stereocenters. The Hall–Kier alpha value is -0.850. The van der Waals surface area contributed by atoms with Crippen LogP contribution in [0.2, 0.25) is 0 Å². The highest BCUT2D eigenvalue weighted by Crippen LogP contribution is 2.25. The summed E-state index contributed by atoms with van der Waals surface area (Å²) in [6.07, 6.45) is 0.796. The molecule has 3 rings (SSSR count). The summed E-state index contributed by atoms with van der Waals surface area (Å²) in [7, 11) is 0. The normalized spacial score (nSPS) is 19.5. The van der Waals surface area contributed by atoms with Crippen LogP contribution < -0.4 is 5.32 Å². The first-order chi connectivity index (χ1) is 9.33. The monoisotopic (exact) mass is 339 g/mol. The van der Waals surface area contributed by atoms with Gasteiger partial charge in [-0.25, -0.2) is 0 Å². The van der Waals surface area contributed by atoms with Crippen molar-refractivity contribution in [2.24, 2.45) is 0 Å². The Labute approximate surface area is 124 Å². The van der Waals surface area contributed by atoms with E-state index in [0.717, 1.165) is 28.8 Å². The van der Waals surface area contributed by atoms with Gasteiger partial charge in [0.2, 0.25) is 11.7 Å². The standard InChI is InChI=1S/C13H14BrN3OS/c14-11-4-2-1-3-10(11)13-16-12(18-17-13)7-9-8-19-6-5-15-9/h1-4,9,15H,5-8H2. The molecule has 1 aliphatic heterocycles. The van der Waals surface area contributed by atoms with Crippen LogP contribution in [0.3, 0.4) is 0 Å². The summed E-state index contributed by atoms with van der Waals surface area (Å²) in [4.78, 5) is 4.48. The zero-order valence-corrected chi connectivity index (χ0v) is 12.7. The van der Waals surface area contributed by atoms with Crippen LogP contribution >= 0.6 is 27.7 Å². The Morgan fingerprint density at radius 3 is 3.11 bits per heavy atom. The molecule has 0 amide bonds. The van der Waals surface area contributed by atoms with E-state index in [1.54, 1.807) is 0 Å². The van der Waals surface area contributed by atoms with E-state index < -0.39 is 0 Å². The third-order valence-electron chi connectivity index (χ3n) is 3.00. The summed E-state index contributed by atoms with van der Waals surface area (Å²) in [5, 5.41) is 7.53. The Morgan fingerprint density at radius 2 is 2.32 bits per heavy atom. The molecule has 2 heterocycles. The van der Waals surface area contributed by atoms with Crippen molar-refractivity contribution in [2.75, 3.05) is 18.1 Å². The summed E-state index contributed by atoms with van der Waals surface area (Å²) in [5.74, 6) is 3.63. The third-order valence-corrected chi connectivity index (χ3v) is 4.82. The summed E-state index contributed by atoms with van der Waals surface area (Å²) >= 11 is 5.47. The number of aromatic nitrogens is 2. The van der Waals surface area contributed by atoms with E-state index in [4.69, 9.17) is 4.52 Å². The first kappa shape index (κ1) is 13.1. The fourth-order valence-electron chi connectivity index (χ4n) is 2.05. The molecule has 1 aromatic heterocycles. The lowest BCUT2D eigenvalue weighted by atomic mass is 10.2. The molecular formula is C13H14BrN3OS. The van der Waals surface area contributed by atoms with Crippen LogP contribution in [0.15, 0.2) is 33.3 Å². The van der Waals surface area contributed by atoms with Gasteiger partial charge in [0.1, 0.15) is 0 Å². The van der Waals surface area contributed by atoms with Crippen molar-refractivity contribution in [3.63, 3.8) is 0 Å². The van der Waals surface area contributed by atoms with Gasteiger partial charge in [0.25, 0.3) is 0 Å². The van der Waals surface area contributed by atoms with Gasteiger partial charge in [0.05, 0.1) is 0 Å². The Kier molecular flexibility index (Phi) is 4.20. The van der Waals surface area contributed by atoms with E-state index in [2.05, 4.69) is 31.4 Å². The van der Waals surface area contributed by atoms with Gasteiger partial charge in [-0.05, 0) is 12.1 Å². The molecule has 1 saturated heterocycles. The van der Waals surface area contributed by atoms with Crippen LogP contribution in [0, 0.1) is 0 Å². The number of hydrogen-bond acceptors (Lipinski definition) is 5. The van der Waals surface area contributed by atoms with E-state index in [0.29, 0.717) is 17.8 Å². The molecule has 2 aromatic rings. The fourth-order valence-corrected chi connectivity index (χ4v) is 3.46. The van der Waals surface area contributed by atoms with Gasteiger partial charge in [-0.2, -0.15) is 16.7 Å². The minimum absolute atomic E-state index is 0.436. The molecule has 4 nitrogen and oxygen atoms in total. The lowest BCUT2D eigenvalue weighted by molar-refractivity contribution is 0.363. The molecule has 19 heavy (non-hydrogen) atoms. The first-order valence-electron chi connectivity index (χ1n) is 6.21. The lowest BCUT2D eigenvalue weighted by Crippen LogP contribution is -2.38.